The normalized spacial score (nSPS) is 12.9. The molecule has 1 atom stereocenters. The van der Waals surface area contributed by atoms with Gasteiger partial charge in [-0.05, 0) is 37.0 Å². The van der Waals surface area contributed by atoms with Crippen LogP contribution >= 0.6 is 11.6 Å². The lowest BCUT2D eigenvalue weighted by Gasteiger charge is -2.14. The first-order chi connectivity index (χ1) is 11.7. The Bertz CT molecular complexity index is 624. The summed E-state index contributed by atoms with van der Waals surface area (Å²) in [5.41, 5.74) is 1.15. The van der Waals surface area contributed by atoms with E-state index >= 15 is 0 Å². The van der Waals surface area contributed by atoms with E-state index in [2.05, 4.69) is 40.6 Å². The first-order valence-corrected chi connectivity index (χ1v) is 8.80. The molecule has 5 nitrogen and oxygen atoms in total. The zero-order valence-electron chi connectivity index (χ0n) is 14.4. The molecule has 24 heavy (non-hydrogen) atoms. The van der Waals surface area contributed by atoms with E-state index in [1.165, 1.54) is 0 Å². The smallest absolute Gasteiger partial charge is 0.191 e. The van der Waals surface area contributed by atoms with Crippen LogP contribution in [0, 0.1) is 5.92 Å². The molecule has 2 N–H and O–H groups in total. The Morgan fingerprint density at radius 1 is 1.29 bits per heavy atom. The lowest BCUT2D eigenvalue weighted by molar-refractivity contribution is 0.458. The molecule has 0 spiro atoms. The second-order valence-corrected chi connectivity index (χ2v) is 6.23. The molecule has 0 saturated carbocycles. The van der Waals surface area contributed by atoms with E-state index in [4.69, 9.17) is 11.6 Å². The number of aromatic nitrogens is 2. The van der Waals surface area contributed by atoms with Crippen molar-refractivity contribution in [3.05, 3.63) is 53.3 Å². The third kappa shape index (κ3) is 6.24. The summed E-state index contributed by atoms with van der Waals surface area (Å²) in [6.45, 7) is 7.50. The number of rotatable bonds is 8. The molecular formula is C18H26ClN5. The highest BCUT2D eigenvalue weighted by Gasteiger charge is 2.05. The van der Waals surface area contributed by atoms with Crippen molar-refractivity contribution in [2.45, 2.75) is 26.8 Å². The van der Waals surface area contributed by atoms with Gasteiger partial charge in [-0.25, -0.2) is 0 Å². The summed E-state index contributed by atoms with van der Waals surface area (Å²) >= 11 is 6.19. The molecule has 6 heteroatoms. The Morgan fingerprint density at radius 3 is 2.83 bits per heavy atom. The van der Waals surface area contributed by atoms with Crippen LogP contribution in [0.2, 0.25) is 5.02 Å². The number of aliphatic imine (C=N–C) groups is 1. The van der Waals surface area contributed by atoms with Crippen molar-refractivity contribution in [1.29, 1.82) is 0 Å². The van der Waals surface area contributed by atoms with Gasteiger partial charge in [0.2, 0.25) is 0 Å². The van der Waals surface area contributed by atoms with E-state index < -0.39 is 0 Å². The number of hydrogen-bond acceptors (Lipinski definition) is 2. The molecule has 1 aromatic carbocycles. The lowest BCUT2D eigenvalue weighted by Crippen LogP contribution is -2.38. The average molecular weight is 348 g/mol. The molecule has 0 aliphatic rings. The van der Waals surface area contributed by atoms with Gasteiger partial charge in [0.25, 0.3) is 0 Å². The second kappa shape index (κ2) is 9.98. The van der Waals surface area contributed by atoms with Gasteiger partial charge in [0.05, 0.1) is 0 Å². The van der Waals surface area contributed by atoms with Crippen LogP contribution < -0.4 is 10.6 Å². The van der Waals surface area contributed by atoms with Crippen molar-refractivity contribution in [2.24, 2.45) is 10.9 Å². The topological polar surface area (TPSA) is 54.2 Å². The number of halogens is 1. The summed E-state index contributed by atoms with van der Waals surface area (Å²) in [6, 6.07) is 9.88. The maximum Gasteiger partial charge on any atom is 0.191 e. The Balaban J connectivity index is 1.80. The summed E-state index contributed by atoms with van der Waals surface area (Å²) in [7, 11) is 0. The van der Waals surface area contributed by atoms with Gasteiger partial charge in [0.15, 0.2) is 5.96 Å². The number of nitrogens with zero attached hydrogens (tertiary/aromatic N) is 3. The van der Waals surface area contributed by atoms with Crippen LogP contribution in [0.1, 0.15) is 19.4 Å². The monoisotopic (exact) mass is 347 g/mol. The maximum absolute atomic E-state index is 6.19. The molecule has 0 aliphatic heterocycles. The summed E-state index contributed by atoms with van der Waals surface area (Å²) in [5.74, 6) is 1.26. The molecule has 0 saturated heterocycles. The van der Waals surface area contributed by atoms with Crippen LogP contribution in [0.3, 0.4) is 0 Å². The van der Waals surface area contributed by atoms with E-state index in [-0.39, 0.29) is 0 Å². The zero-order chi connectivity index (χ0) is 17.2. The van der Waals surface area contributed by atoms with Crippen LogP contribution in [0.5, 0.6) is 0 Å². The van der Waals surface area contributed by atoms with Crippen LogP contribution in [0.4, 0.5) is 0 Å². The first-order valence-electron chi connectivity index (χ1n) is 8.42. The van der Waals surface area contributed by atoms with Gasteiger partial charge in [0.1, 0.15) is 0 Å². The third-order valence-corrected chi connectivity index (χ3v) is 3.98. The van der Waals surface area contributed by atoms with Crippen LogP contribution in [-0.2, 0) is 13.0 Å². The average Bonchev–Trinajstić information content (AvgIpc) is 3.07. The van der Waals surface area contributed by atoms with Crippen molar-refractivity contribution in [3.63, 3.8) is 0 Å². The van der Waals surface area contributed by atoms with Crippen molar-refractivity contribution in [3.8, 4) is 0 Å². The SMILES string of the molecule is CCNC(=NCC(C)Cn1cccn1)NCCc1ccccc1Cl. The van der Waals surface area contributed by atoms with E-state index in [9.17, 15) is 0 Å². The van der Waals surface area contributed by atoms with Gasteiger partial charge in [-0.2, -0.15) is 5.10 Å². The predicted octanol–water partition coefficient (Wildman–Crippen LogP) is 2.97. The highest BCUT2D eigenvalue weighted by molar-refractivity contribution is 6.31. The van der Waals surface area contributed by atoms with Gasteiger partial charge in [-0.1, -0.05) is 36.7 Å². The van der Waals surface area contributed by atoms with Crippen molar-refractivity contribution in [2.75, 3.05) is 19.6 Å². The van der Waals surface area contributed by atoms with Gasteiger partial charge in [-0.15, -0.1) is 0 Å². The van der Waals surface area contributed by atoms with E-state index in [0.717, 1.165) is 49.1 Å². The minimum atomic E-state index is 0.420. The summed E-state index contributed by atoms with van der Waals surface area (Å²) < 4.78 is 1.94. The van der Waals surface area contributed by atoms with E-state index in [1.54, 1.807) is 6.20 Å². The molecule has 0 radical (unpaired) electrons. The van der Waals surface area contributed by atoms with Gasteiger partial charge >= 0.3 is 0 Å². The van der Waals surface area contributed by atoms with Gasteiger partial charge < -0.3 is 10.6 Å². The molecule has 1 aromatic heterocycles. The van der Waals surface area contributed by atoms with Crippen molar-refractivity contribution in [1.82, 2.24) is 20.4 Å². The summed E-state index contributed by atoms with van der Waals surface area (Å²) in [4.78, 5) is 4.67. The molecule has 2 aromatic rings. The molecule has 0 amide bonds. The number of guanidine groups is 1. The Morgan fingerprint density at radius 2 is 2.12 bits per heavy atom. The number of benzene rings is 1. The third-order valence-electron chi connectivity index (χ3n) is 3.61. The molecular weight excluding hydrogens is 322 g/mol. The van der Waals surface area contributed by atoms with Crippen LogP contribution in [0.15, 0.2) is 47.7 Å². The van der Waals surface area contributed by atoms with Crippen LogP contribution in [0.25, 0.3) is 0 Å². The quantitative estimate of drug-likeness (QED) is 0.570. The highest BCUT2D eigenvalue weighted by atomic mass is 35.5. The lowest BCUT2D eigenvalue weighted by atomic mass is 10.1. The molecule has 0 aliphatic carbocycles. The molecule has 2 rings (SSSR count). The molecule has 0 bridgehead atoms. The fraction of sp³-hybridized carbons (Fsp3) is 0.444. The summed E-state index contributed by atoms with van der Waals surface area (Å²) in [5, 5.41) is 11.7. The predicted molar refractivity (Wildman–Crippen MR) is 101 cm³/mol. The van der Waals surface area contributed by atoms with Crippen LogP contribution in [-0.4, -0.2) is 35.4 Å². The minimum Gasteiger partial charge on any atom is -0.357 e. The standard InChI is InChI=1S/C18H26ClN5/c1-3-20-18(21-11-9-16-7-4-5-8-17(16)19)22-13-15(2)14-24-12-6-10-23-24/h4-8,10,12,15H,3,9,11,13-14H2,1-2H3,(H2,20,21,22). The molecule has 1 unspecified atom stereocenters. The van der Waals surface area contributed by atoms with E-state index in [0.29, 0.717) is 5.92 Å². The van der Waals surface area contributed by atoms with Crippen molar-refractivity contribution < 1.29 is 0 Å². The Kier molecular flexibility index (Phi) is 7.62. The number of nitrogens with one attached hydrogen (secondary N) is 2. The molecule has 0 fully saturated rings. The minimum absolute atomic E-state index is 0.420. The molecule has 130 valence electrons. The fourth-order valence-corrected chi connectivity index (χ4v) is 2.62. The summed E-state index contributed by atoms with van der Waals surface area (Å²) in [6.07, 6.45) is 4.65. The molecule has 1 heterocycles. The Labute approximate surface area is 149 Å². The fourth-order valence-electron chi connectivity index (χ4n) is 2.39. The first kappa shape index (κ1) is 18.3. The zero-order valence-corrected chi connectivity index (χ0v) is 15.1. The van der Waals surface area contributed by atoms with Gasteiger partial charge in [0, 0.05) is 43.6 Å². The highest BCUT2D eigenvalue weighted by Crippen LogP contribution is 2.14. The van der Waals surface area contributed by atoms with Gasteiger partial charge in [-0.3, -0.25) is 9.67 Å². The maximum atomic E-state index is 6.19. The second-order valence-electron chi connectivity index (χ2n) is 5.82. The Hall–Kier alpha value is -2.01. The van der Waals surface area contributed by atoms with Crippen molar-refractivity contribution >= 4 is 17.6 Å². The largest absolute Gasteiger partial charge is 0.357 e. The van der Waals surface area contributed by atoms with E-state index in [1.807, 2.05) is 35.1 Å². The number of hydrogen-bond donors (Lipinski definition) is 2.